The van der Waals surface area contributed by atoms with Crippen molar-refractivity contribution in [3.63, 3.8) is 0 Å². The van der Waals surface area contributed by atoms with Crippen LogP contribution in [0.2, 0.25) is 0 Å². The first-order valence-electron chi connectivity index (χ1n) is 5.23. The van der Waals surface area contributed by atoms with E-state index < -0.39 is 0 Å². The summed E-state index contributed by atoms with van der Waals surface area (Å²) in [5.74, 6) is 1.48. The molecule has 3 heteroatoms. The fourth-order valence-corrected chi connectivity index (χ4v) is 1.13. The molecule has 1 aromatic rings. The Hall–Kier alpha value is -1.12. The Kier molecular flexibility index (Phi) is 3.03. The number of ether oxygens (including phenoxy) is 2. The average Bonchev–Trinajstić information content (AvgIpc) is 2.28. The summed E-state index contributed by atoms with van der Waals surface area (Å²) in [6.07, 6.45) is 0. The molecular weight excluding hydrogens is 190 g/mol. The zero-order chi connectivity index (χ0) is 11.7. The average molecular weight is 211 g/mol. The predicted molar refractivity (Wildman–Crippen MR) is 61.6 cm³/mol. The maximum Gasteiger partial charge on any atom is 0.194 e. The minimum atomic E-state index is -0.191. The highest BCUT2D eigenvalue weighted by atomic mass is 16.5. The van der Waals surface area contributed by atoms with E-state index in [-0.39, 0.29) is 11.2 Å². The van der Waals surface area contributed by atoms with E-state index in [1.165, 1.54) is 0 Å². The number of aromatic amines is 1. The van der Waals surface area contributed by atoms with Gasteiger partial charge >= 0.3 is 0 Å². The minimum Gasteiger partial charge on any atom is -0.473 e. The van der Waals surface area contributed by atoms with Crippen LogP contribution in [0.15, 0.2) is 12.1 Å². The topological polar surface area (TPSA) is 34.2 Å². The second-order valence-corrected chi connectivity index (χ2v) is 5.62. The fraction of sp³-hybridized carbons (Fsp3) is 0.667. The second kappa shape index (κ2) is 3.80. The molecule has 86 valence electrons. The van der Waals surface area contributed by atoms with Crippen molar-refractivity contribution in [2.24, 2.45) is 0 Å². The van der Waals surface area contributed by atoms with Crippen molar-refractivity contribution in [1.29, 1.82) is 0 Å². The van der Waals surface area contributed by atoms with Crippen LogP contribution >= 0.6 is 0 Å². The number of H-pyrrole nitrogens is 1. The molecule has 0 aliphatic carbocycles. The van der Waals surface area contributed by atoms with Crippen molar-refractivity contribution >= 4 is 0 Å². The van der Waals surface area contributed by atoms with Gasteiger partial charge in [0.2, 0.25) is 0 Å². The molecule has 1 heterocycles. The summed E-state index contributed by atoms with van der Waals surface area (Å²) < 4.78 is 11.3. The highest BCUT2D eigenvalue weighted by molar-refractivity contribution is 5.23. The molecule has 0 radical (unpaired) electrons. The zero-order valence-corrected chi connectivity index (χ0v) is 10.5. The van der Waals surface area contributed by atoms with Gasteiger partial charge in [0.1, 0.15) is 11.2 Å². The number of aromatic nitrogens is 1. The highest BCUT2D eigenvalue weighted by Crippen LogP contribution is 2.23. The van der Waals surface area contributed by atoms with Gasteiger partial charge in [0.25, 0.3) is 0 Å². The van der Waals surface area contributed by atoms with Crippen LogP contribution in [-0.2, 0) is 0 Å². The first-order chi connectivity index (χ1) is 6.66. The van der Waals surface area contributed by atoms with Gasteiger partial charge in [-0.1, -0.05) is 0 Å². The summed E-state index contributed by atoms with van der Waals surface area (Å²) in [6, 6.07) is 3.76. The first-order valence-corrected chi connectivity index (χ1v) is 5.23. The normalized spacial score (nSPS) is 12.7. The van der Waals surface area contributed by atoms with E-state index in [0.717, 1.165) is 11.8 Å². The van der Waals surface area contributed by atoms with E-state index in [0.29, 0.717) is 0 Å². The summed E-state index contributed by atoms with van der Waals surface area (Å²) in [6.45, 7) is 12.1. The van der Waals surface area contributed by atoms with Crippen LogP contribution in [0.25, 0.3) is 0 Å². The van der Waals surface area contributed by atoms with Gasteiger partial charge in [0.15, 0.2) is 11.8 Å². The standard InChI is InChI=1S/C12H21NO2/c1-11(2,3)14-9-7-8-10(13-9)15-12(4,5)6/h7-8,13H,1-6H3. The Morgan fingerprint density at radius 2 is 1.13 bits per heavy atom. The number of rotatable bonds is 2. The fourth-order valence-electron chi connectivity index (χ4n) is 1.13. The SMILES string of the molecule is CC(C)(C)Oc1ccc(OC(C)(C)C)[nH]1. The Balaban J connectivity index is 2.65. The van der Waals surface area contributed by atoms with Crippen LogP contribution in [0.4, 0.5) is 0 Å². The van der Waals surface area contributed by atoms with Crippen LogP contribution in [0.3, 0.4) is 0 Å². The summed E-state index contributed by atoms with van der Waals surface area (Å²) >= 11 is 0. The number of hydrogen-bond acceptors (Lipinski definition) is 2. The molecule has 0 fully saturated rings. The molecule has 1 aromatic heterocycles. The molecule has 0 amide bonds. The van der Waals surface area contributed by atoms with Gasteiger partial charge in [-0.25, -0.2) is 0 Å². The molecule has 0 unspecified atom stereocenters. The molecule has 0 aliphatic rings. The Morgan fingerprint density at radius 1 is 0.800 bits per heavy atom. The molecule has 15 heavy (non-hydrogen) atoms. The maximum atomic E-state index is 5.66. The van der Waals surface area contributed by atoms with Crippen molar-refractivity contribution in [3.8, 4) is 11.8 Å². The summed E-state index contributed by atoms with van der Waals surface area (Å²) in [5, 5.41) is 0. The van der Waals surface area contributed by atoms with E-state index in [4.69, 9.17) is 9.47 Å². The predicted octanol–water partition coefficient (Wildman–Crippen LogP) is 3.37. The van der Waals surface area contributed by atoms with Crippen molar-refractivity contribution in [2.45, 2.75) is 52.7 Å². The van der Waals surface area contributed by atoms with E-state index >= 15 is 0 Å². The largest absolute Gasteiger partial charge is 0.473 e. The van der Waals surface area contributed by atoms with Crippen molar-refractivity contribution < 1.29 is 9.47 Å². The lowest BCUT2D eigenvalue weighted by Gasteiger charge is -2.21. The Labute approximate surface area is 91.8 Å². The summed E-state index contributed by atoms with van der Waals surface area (Å²) in [5.41, 5.74) is -0.381. The van der Waals surface area contributed by atoms with Crippen LogP contribution in [0.5, 0.6) is 11.8 Å². The zero-order valence-electron chi connectivity index (χ0n) is 10.5. The van der Waals surface area contributed by atoms with E-state index in [1.54, 1.807) is 0 Å². The van der Waals surface area contributed by atoms with E-state index in [2.05, 4.69) is 4.98 Å². The molecule has 0 aromatic carbocycles. The van der Waals surface area contributed by atoms with Crippen molar-refractivity contribution in [2.75, 3.05) is 0 Å². The van der Waals surface area contributed by atoms with Gasteiger partial charge in [-0.05, 0) is 41.5 Å². The third-order valence-electron chi connectivity index (χ3n) is 1.46. The van der Waals surface area contributed by atoms with Crippen LogP contribution in [0, 0.1) is 0 Å². The highest BCUT2D eigenvalue weighted by Gasteiger charge is 2.16. The van der Waals surface area contributed by atoms with Crippen molar-refractivity contribution in [1.82, 2.24) is 4.98 Å². The lowest BCUT2D eigenvalue weighted by molar-refractivity contribution is 0.112. The van der Waals surface area contributed by atoms with Crippen LogP contribution in [0.1, 0.15) is 41.5 Å². The molecule has 0 atom stereocenters. The van der Waals surface area contributed by atoms with Crippen LogP contribution in [-0.4, -0.2) is 16.2 Å². The first kappa shape index (κ1) is 12.0. The molecule has 0 bridgehead atoms. The number of nitrogens with one attached hydrogen (secondary N) is 1. The van der Waals surface area contributed by atoms with E-state index in [1.807, 2.05) is 53.7 Å². The minimum absolute atomic E-state index is 0.191. The smallest absolute Gasteiger partial charge is 0.194 e. The van der Waals surface area contributed by atoms with Crippen LogP contribution < -0.4 is 9.47 Å². The lowest BCUT2D eigenvalue weighted by Crippen LogP contribution is -2.24. The quantitative estimate of drug-likeness (QED) is 0.813. The molecule has 0 saturated carbocycles. The summed E-state index contributed by atoms with van der Waals surface area (Å²) in [4.78, 5) is 3.08. The third-order valence-corrected chi connectivity index (χ3v) is 1.46. The monoisotopic (exact) mass is 211 g/mol. The Bertz CT molecular complexity index is 285. The molecule has 0 saturated heterocycles. The molecule has 1 rings (SSSR count). The van der Waals surface area contributed by atoms with Gasteiger partial charge < -0.3 is 9.47 Å². The molecular formula is C12H21NO2. The maximum absolute atomic E-state index is 5.66. The molecule has 0 spiro atoms. The lowest BCUT2D eigenvalue weighted by atomic mass is 10.2. The van der Waals surface area contributed by atoms with Gasteiger partial charge in [0, 0.05) is 12.1 Å². The second-order valence-electron chi connectivity index (χ2n) is 5.62. The molecule has 3 nitrogen and oxygen atoms in total. The van der Waals surface area contributed by atoms with Gasteiger partial charge in [-0.3, -0.25) is 4.98 Å². The van der Waals surface area contributed by atoms with Gasteiger partial charge in [-0.2, -0.15) is 0 Å². The van der Waals surface area contributed by atoms with E-state index in [9.17, 15) is 0 Å². The van der Waals surface area contributed by atoms with Crippen molar-refractivity contribution in [3.05, 3.63) is 12.1 Å². The molecule has 0 aliphatic heterocycles. The van der Waals surface area contributed by atoms with Gasteiger partial charge in [-0.15, -0.1) is 0 Å². The molecule has 1 N–H and O–H groups in total. The Morgan fingerprint density at radius 3 is 1.40 bits per heavy atom. The third kappa shape index (κ3) is 4.77. The summed E-state index contributed by atoms with van der Waals surface area (Å²) in [7, 11) is 0. The van der Waals surface area contributed by atoms with Gasteiger partial charge in [0.05, 0.1) is 0 Å². The number of hydrogen-bond donors (Lipinski definition) is 1.